The normalized spacial score (nSPS) is 12.0. The number of carbonyl (C=O) groups excluding carboxylic acids is 2. The third kappa shape index (κ3) is 8.12. The molecule has 0 aromatic heterocycles. The molecule has 3 rings (SSSR count). The zero-order valence-corrected chi connectivity index (χ0v) is 24.4. The van der Waals surface area contributed by atoms with Gasteiger partial charge in [0.2, 0.25) is 11.8 Å². The zero-order chi connectivity index (χ0) is 28.4. The summed E-state index contributed by atoms with van der Waals surface area (Å²) < 4.78 is 42.9. The molecule has 3 aromatic carbocycles. The molecule has 10 heteroatoms. The molecule has 0 heterocycles. The van der Waals surface area contributed by atoms with Gasteiger partial charge >= 0.3 is 0 Å². The molecule has 0 saturated carbocycles. The van der Waals surface area contributed by atoms with Crippen molar-refractivity contribution in [1.82, 2.24) is 10.2 Å². The van der Waals surface area contributed by atoms with E-state index >= 15 is 0 Å². The fraction of sp³-hybridized carbons (Fsp3) is 0.310. The molecule has 39 heavy (non-hydrogen) atoms. The number of unbranched alkanes of at least 4 members (excludes halogenated alkanes) is 1. The second-order valence-electron chi connectivity index (χ2n) is 9.02. The molecule has 7 nitrogen and oxygen atoms in total. The number of hydrogen-bond acceptors (Lipinski definition) is 4. The molecule has 1 N–H and O–H groups in total. The highest BCUT2D eigenvalue weighted by atomic mass is 79.9. The quantitative estimate of drug-likeness (QED) is 0.256. The van der Waals surface area contributed by atoms with Crippen molar-refractivity contribution in [3.05, 3.63) is 94.7 Å². The number of anilines is 1. The number of amides is 2. The van der Waals surface area contributed by atoms with Gasteiger partial charge in [0, 0.05) is 17.6 Å². The van der Waals surface area contributed by atoms with Crippen molar-refractivity contribution in [3.63, 3.8) is 0 Å². The Kier molecular flexibility index (Phi) is 11.1. The fourth-order valence-electron chi connectivity index (χ4n) is 4.07. The smallest absolute Gasteiger partial charge is 0.264 e. The Balaban J connectivity index is 2.01. The highest BCUT2D eigenvalue weighted by molar-refractivity contribution is 9.10. The third-order valence-corrected chi connectivity index (χ3v) is 8.52. The van der Waals surface area contributed by atoms with Gasteiger partial charge in [-0.25, -0.2) is 12.8 Å². The lowest BCUT2D eigenvalue weighted by Crippen LogP contribution is -2.52. The van der Waals surface area contributed by atoms with Crippen LogP contribution in [0.1, 0.15) is 38.7 Å². The number of rotatable bonds is 13. The average Bonchev–Trinajstić information content (AvgIpc) is 2.93. The molecule has 3 aromatic rings. The second-order valence-corrected chi connectivity index (χ2v) is 11.8. The maximum Gasteiger partial charge on any atom is 0.264 e. The molecule has 0 spiro atoms. The van der Waals surface area contributed by atoms with E-state index in [9.17, 15) is 22.4 Å². The van der Waals surface area contributed by atoms with Crippen LogP contribution >= 0.6 is 15.9 Å². The molecule has 1 unspecified atom stereocenters. The van der Waals surface area contributed by atoms with E-state index in [1.165, 1.54) is 29.2 Å². The lowest BCUT2D eigenvalue weighted by molar-refractivity contribution is -0.140. The monoisotopic (exact) mass is 617 g/mol. The summed E-state index contributed by atoms with van der Waals surface area (Å²) in [6.07, 6.45) is 2.00. The minimum absolute atomic E-state index is 0.0123. The lowest BCUT2D eigenvalue weighted by Gasteiger charge is -2.33. The molecule has 0 bridgehead atoms. The van der Waals surface area contributed by atoms with Gasteiger partial charge in [0.15, 0.2) is 0 Å². The summed E-state index contributed by atoms with van der Waals surface area (Å²) in [7, 11) is -4.12. The largest absolute Gasteiger partial charge is 0.354 e. The van der Waals surface area contributed by atoms with Gasteiger partial charge in [-0.2, -0.15) is 0 Å². The van der Waals surface area contributed by atoms with E-state index in [1.54, 1.807) is 61.5 Å². The number of carbonyl (C=O) groups is 2. The molecule has 0 aliphatic carbocycles. The predicted octanol–water partition coefficient (Wildman–Crippen LogP) is 5.51. The first-order valence-electron chi connectivity index (χ1n) is 12.8. The van der Waals surface area contributed by atoms with Crippen molar-refractivity contribution in [1.29, 1.82) is 0 Å². The van der Waals surface area contributed by atoms with Crippen LogP contribution in [0.4, 0.5) is 10.1 Å². The first-order valence-corrected chi connectivity index (χ1v) is 15.1. The molecule has 0 saturated heterocycles. The van der Waals surface area contributed by atoms with Crippen LogP contribution in [-0.4, -0.2) is 44.3 Å². The second kappa shape index (κ2) is 14.2. The Morgan fingerprint density at radius 1 is 0.949 bits per heavy atom. The standard InChI is InChI=1S/C29H33BrFN3O4S/c1-3-5-19-32-29(36)27(4-2)33(20-22-11-15-24(31)16-12-22)28(35)21-34(25-17-13-23(30)14-18-25)39(37,38)26-9-7-6-8-10-26/h6-18,27H,3-5,19-21H2,1-2H3,(H,32,36). The van der Waals surface area contributed by atoms with E-state index in [0.717, 1.165) is 21.6 Å². The van der Waals surface area contributed by atoms with E-state index in [-0.39, 0.29) is 17.3 Å². The topological polar surface area (TPSA) is 86.8 Å². The van der Waals surface area contributed by atoms with Crippen molar-refractivity contribution in [2.45, 2.75) is 50.6 Å². The minimum Gasteiger partial charge on any atom is -0.354 e. The van der Waals surface area contributed by atoms with Crippen LogP contribution in [0.15, 0.2) is 88.2 Å². The number of nitrogens with one attached hydrogen (secondary N) is 1. The molecule has 0 radical (unpaired) electrons. The van der Waals surface area contributed by atoms with Crippen molar-refractivity contribution < 1.29 is 22.4 Å². The van der Waals surface area contributed by atoms with Gasteiger partial charge in [-0.15, -0.1) is 0 Å². The van der Waals surface area contributed by atoms with Crippen LogP contribution in [0.5, 0.6) is 0 Å². The van der Waals surface area contributed by atoms with Crippen LogP contribution in [0.2, 0.25) is 0 Å². The van der Waals surface area contributed by atoms with Crippen LogP contribution in [0.25, 0.3) is 0 Å². The molecule has 2 amide bonds. The SMILES string of the molecule is CCCCNC(=O)C(CC)N(Cc1ccc(F)cc1)C(=O)CN(c1ccc(Br)cc1)S(=O)(=O)c1ccccc1. The van der Waals surface area contributed by atoms with Crippen molar-refractivity contribution in [3.8, 4) is 0 Å². The van der Waals surface area contributed by atoms with Gasteiger partial charge in [-0.05, 0) is 66.9 Å². The Morgan fingerprint density at radius 2 is 1.59 bits per heavy atom. The van der Waals surface area contributed by atoms with Crippen LogP contribution in [0.3, 0.4) is 0 Å². The van der Waals surface area contributed by atoms with Gasteiger partial charge in [-0.1, -0.05) is 66.5 Å². The van der Waals surface area contributed by atoms with E-state index in [2.05, 4.69) is 21.2 Å². The predicted molar refractivity (Wildman–Crippen MR) is 154 cm³/mol. The van der Waals surface area contributed by atoms with Crippen LogP contribution < -0.4 is 9.62 Å². The summed E-state index contributed by atoms with van der Waals surface area (Å²) in [5, 5.41) is 2.88. The maximum absolute atomic E-state index is 13.9. The lowest BCUT2D eigenvalue weighted by atomic mass is 10.1. The molecular weight excluding hydrogens is 585 g/mol. The Hall–Kier alpha value is -3.24. The Labute approximate surface area is 238 Å². The van der Waals surface area contributed by atoms with Crippen molar-refractivity contribution in [2.75, 3.05) is 17.4 Å². The molecule has 0 aliphatic rings. The Morgan fingerprint density at radius 3 is 2.18 bits per heavy atom. The van der Waals surface area contributed by atoms with Gasteiger partial charge in [-0.3, -0.25) is 13.9 Å². The summed E-state index contributed by atoms with van der Waals surface area (Å²) in [5.74, 6) is -1.29. The number of sulfonamides is 1. The number of halogens is 2. The van der Waals surface area contributed by atoms with Gasteiger partial charge in [0.05, 0.1) is 10.6 Å². The summed E-state index contributed by atoms with van der Waals surface area (Å²) >= 11 is 3.36. The van der Waals surface area contributed by atoms with Crippen LogP contribution in [0, 0.1) is 5.82 Å². The number of nitrogens with zero attached hydrogens (tertiary/aromatic N) is 2. The first-order chi connectivity index (χ1) is 18.7. The Bertz CT molecular complexity index is 1340. The van der Waals surface area contributed by atoms with Crippen molar-refractivity contribution in [2.24, 2.45) is 0 Å². The van der Waals surface area contributed by atoms with Crippen molar-refractivity contribution >= 4 is 43.5 Å². The molecule has 208 valence electrons. The molecule has 1 atom stereocenters. The minimum atomic E-state index is -4.12. The summed E-state index contributed by atoms with van der Waals surface area (Å²) in [6.45, 7) is 3.76. The highest BCUT2D eigenvalue weighted by Gasteiger charge is 2.33. The maximum atomic E-state index is 13.9. The zero-order valence-electron chi connectivity index (χ0n) is 22.0. The number of hydrogen-bond donors (Lipinski definition) is 1. The molecule has 0 fully saturated rings. The summed E-state index contributed by atoms with van der Waals surface area (Å²) in [6, 6.07) is 19.3. The average molecular weight is 619 g/mol. The van der Waals surface area contributed by atoms with Gasteiger partial charge in [0.25, 0.3) is 10.0 Å². The summed E-state index contributed by atoms with van der Waals surface area (Å²) in [5.41, 5.74) is 0.920. The van der Waals surface area contributed by atoms with Crippen LogP contribution in [-0.2, 0) is 26.2 Å². The molecule has 0 aliphatic heterocycles. The van der Waals surface area contributed by atoms with E-state index < -0.39 is 34.3 Å². The van der Waals surface area contributed by atoms with Gasteiger partial charge in [0.1, 0.15) is 18.4 Å². The fourth-order valence-corrected chi connectivity index (χ4v) is 5.77. The first kappa shape index (κ1) is 30.3. The highest BCUT2D eigenvalue weighted by Crippen LogP contribution is 2.26. The van der Waals surface area contributed by atoms with E-state index in [4.69, 9.17) is 0 Å². The van der Waals surface area contributed by atoms with E-state index in [0.29, 0.717) is 24.2 Å². The third-order valence-electron chi connectivity index (χ3n) is 6.21. The van der Waals surface area contributed by atoms with Gasteiger partial charge < -0.3 is 10.2 Å². The van der Waals surface area contributed by atoms with E-state index in [1.807, 2.05) is 6.92 Å². The number of benzene rings is 3. The molecular formula is C29H33BrFN3O4S. The summed E-state index contributed by atoms with van der Waals surface area (Å²) in [4.78, 5) is 28.5.